The Hall–Kier alpha value is -3.09. The van der Waals surface area contributed by atoms with Gasteiger partial charge in [-0.15, -0.1) is 0 Å². The fraction of sp³-hybridized carbons (Fsp3) is 0.240. The molecular weight excluding hydrogens is 427 g/mol. The number of urea groups is 1. The van der Waals surface area contributed by atoms with Gasteiger partial charge in [-0.3, -0.25) is 4.90 Å². The molecule has 2 amide bonds. The highest BCUT2D eigenvalue weighted by molar-refractivity contribution is 6.31. The topological polar surface area (TPSA) is 70.4 Å². The van der Waals surface area contributed by atoms with Gasteiger partial charge in [0.25, 0.3) is 0 Å². The van der Waals surface area contributed by atoms with Crippen LogP contribution in [0.15, 0.2) is 66.7 Å². The zero-order valence-corrected chi connectivity index (χ0v) is 18.4. The van der Waals surface area contributed by atoms with E-state index in [1.807, 2.05) is 48.5 Å². The minimum absolute atomic E-state index is 0.0347. The summed E-state index contributed by atoms with van der Waals surface area (Å²) in [5, 5.41) is 6.28. The van der Waals surface area contributed by atoms with Crippen LogP contribution >= 0.6 is 11.6 Å². The van der Waals surface area contributed by atoms with Crippen molar-refractivity contribution in [1.29, 1.82) is 0 Å². The van der Waals surface area contributed by atoms with E-state index in [2.05, 4.69) is 10.6 Å². The van der Waals surface area contributed by atoms with Crippen LogP contribution in [0.2, 0.25) is 5.02 Å². The molecule has 0 atom stereocenters. The van der Waals surface area contributed by atoms with E-state index < -0.39 is 5.82 Å². The Morgan fingerprint density at radius 3 is 2.50 bits per heavy atom. The van der Waals surface area contributed by atoms with Crippen molar-refractivity contribution in [3.63, 3.8) is 0 Å². The Bertz CT molecular complexity index is 1090. The van der Waals surface area contributed by atoms with Gasteiger partial charge in [0, 0.05) is 36.2 Å². The summed E-state index contributed by atoms with van der Waals surface area (Å²) in [6.07, 6.45) is 3.60. The summed E-state index contributed by atoms with van der Waals surface area (Å²) < 4.78 is 13.5. The van der Waals surface area contributed by atoms with Crippen molar-refractivity contribution in [2.24, 2.45) is 0 Å². The minimum atomic E-state index is -0.525. The molecule has 0 radical (unpaired) electrons. The standard InChI is InChI=1S/C25H26ClFN4O/c26-23-16-21(9-12-24(23)27)30-25(32)31(14-13-29-20-5-2-6-20)22-10-7-17(8-11-22)18-3-1-4-19(28)15-18/h1,3-4,7-12,15-16,20,29H,2,5-6,13-14,28H2,(H,30,32). The maximum atomic E-state index is 13.5. The highest BCUT2D eigenvalue weighted by Gasteiger charge is 2.20. The fourth-order valence-electron chi connectivity index (χ4n) is 3.66. The van der Waals surface area contributed by atoms with E-state index in [1.54, 1.807) is 4.90 Å². The summed E-state index contributed by atoms with van der Waals surface area (Å²) in [6, 6.07) is 19.8. The predicted molar refractivity (Wildman–Crippen MR) is 130 cm³/mol. The van der Waals surface area contributed by atoms with Gasteiger partial charge in [-0.25, -0.2) is 9.18 Å². The molecule has 0 aromatic heterocycles. The van der Waals surface area contributed by atoms with Crippen LogP contribution in [-0.4, -0.2) is 25.2 Å². The van der Waals surface area contributed by atoms with E-state index in [4.69, 9.17) is 17.3 Å². The van der Waals surface area contributed by atoms with Crippen LogP contribution in [0, 0.1) is 5.82 Å². The van der Waals surface area contributed by atoms with Gasteiger partial charge < -0.3 is 16.4 Å². The third-order valence-corrected chi connectivity index (χ3v) is 5.98. The van der Waals surface area contributed by atoms with Crippen LogP contribution in [0.3, 0.4) is 0 Å². The first-order valence-electron chi connectivity index (χ1n) is 10.7. The minimum Gasteiger partial charge on any atom is -0.399 e. The van der Waals surface area contributed by atoms with Crippen molar-refractivity contribution >= 4 is 34.7 Å². The SMILES string of the molecule is Nc1cccc(-c2ccc(N(CCNC3CCC3)C(=O)Nc3ccc(F)c(Cl)c3)cc2)c1. The molecule has 0 saturated heterocycles. The summed E-state index contributed by atoms with van der Waals surface area (Å²) >= 11 is 5.86. The van der Waals surface area contributed by atoms with Crippen LogP contribution < -0.4 is 21.3 Å². The summed E-state index contributed by atoms with van der Waals surface area (Å²) in [6.45, 7) is 1.17. The van der Waals surface area contributed by atoms with Crippen LogP contribution in [0.25, 0.3) is 11.1 Å². The van der Waals surface area contributed by atoms with Gasteiger partial charge in [0.05, 0.1) is 5.02 Å². The molecule has 5 nitrogen and oxygen atoms in total. The van der Waals surface area contributed by atoms with Gasteiger partial charge in [-0.05, 0) is 66.4 Å². The zero-order valence-electron chi connectivity index (χ0n) is 17.7. The molecule has 0 unspecified atom stereocenters. The fourth-order valence-corrected chi connectivity index (χ4v) is 3.84. The van der Waals surface area contributed by atoms with E-state index in [1.165, 1.54) is 37.5 Å². The van der Waals surface area contributed by atoms with Crippen molar-refractivity contribution < 1.29 is 9.18 Å². The Balaban J connectivity index is 1.52. The smallest absolute Gasteiger partial charge is 0.326 e. The summed E-state index contributed by atoms with van der Waals surface area (Å²) in [5.41, 5.74) is 9.83. The molecule has 7 heteroatoms. The number of amides is 2. The number of halogens is 2. The van der Waals surface area contributed by atoms with E-state index in [9.17, 15) is 9.18 Å². The maximum absolute atomic E-state index is 13.5. The molecule has 1 fully saturated rings. The third kappa shape index (κ3) is 5.39. The number of hydrogen-bond acceptors (Lipinski definition) is 3. The lowest BCUT2D eigenvalue weighted by Gasteiger charge is -2.29. The largest absolute Gasteiger partial charge is 0.399 e. The normalized spacial score (nSPS) is 13.4. The number of carbonyl (C=O) groups excluding carboxylic acids is 1. The second-order valence-corrected chi connectivity index (χ2v) is 8.37. The Morgan fingerprint density at radius 1 is 1.06 bits per heavy atom. The molecule has 0 spiro atoms. The maximum Gasteiger partial charge on any atom is 0.326 e. The molecule has 4 rings (SSSR count). The van der Waals surface area contributed by atoms with E-state index in [-0.39, 0.29) is 11.1 Å². The molecule has 0 aliphatic heterocycles. The number of carbonyl (C=O) groups is 1. The van der Waals surface area contributed by atoms with Gasteiger partial charge in [0.2, 0.25) is 0 Å². The van der Waals surface area contributed by atoms with Crippen molar-refractivity contribution in [1.82, 2.24) is 5.32 Å². The van der Waals surface area contributed by atoms with Crippen LogP contribution in [0.5, 0.6) is 0 Å². The average molecular weight is 453 g/mol. The third-order valence-electron chi connectivity index (χ3n) is 5.69. The van der Waals surface area contributed by atoms with Crippen molar-refractivity contribution in [3.05, 3.63) is 77.6 Å². The quantitative estimate of drug-likeness (QED) is 0.390. The van der Waals surface area contributed by atoms with Crippen molar-refractivity contribution in [2.45, 2.75) is 25.3 Å². The lowest BCUT2D eigenvalue weighted by atomic mass is 9.93. The molecule has 1 aliphatic rings. The molecule has 1 saturated carbocycles. The lowest BCUT2D eigenvalue weighted by molar-refractivity contribution is 0.256. The molecule has 4 N–H and O–H groups in total. The van der Waals surface area contributed by atoms with Crippen LogP contribution in [0.4, 0.5) is 26.2 Å². The number of nitrogens with two attached hydrogens (primary N) is 1. The zero-order chi connectivity index (χ0) is 22.5. The summed E-state index contributed by atoms with van der Waals surface area (Å²) in [7, 11) is 0. The molecule has 3 aromatic rings. The lowest BCUT2D eigenvalue weighted by Crippen LogP contribution is -2.43. The Kier molecular flexibility index (Phi) is 6.93. The Morgan fingerprint density at radius 2 is 1.84 bits per heavy atom. The number of nitrogen functional groups attached to an aromatic ring is 1. The van der Waals surface area contributed by atoms with Gasteiger partial charge >= 0.3 is 6.03 Å². The molecule has 0 heterocycles. The van der Waals surface area contributed by atoms with Crippen molar-refractivity contribution in [2.75, 3.05) is 29.0 Å². The summed E-state index contributed by atoms with van der Waals surface area (Å²) in [4.78, 5) is 14.8. The molecule has 0 bridgehead atoms. The first-order valence-corrected chi connectivity index (χ1v) is 11.1. The summed E-state index contributed by atoms with van der Waals surface area (Å²) in [5.74, 6) is -0.525. The van der Waals surface area contributed by atoms with E-state index >= 15 is 0 Å². The number of benzene rings is 3. The number of anilines is 3. The van der Waals surface area contributed by atoms with Gasteiger partial charge in [0.1, 0.15) is 5.82 Å². The molecule has 1 aliphatic carbocycles. The highest BCUT2D eigenvalue weighted by Crippen LogP contribution is 2.26. The van der Waals surface area contributed by atoms with Gasteiger partial charge in [0.15, 0.2) is 0 Å². The second-order valence-electron chi connectivity index (χ2n) is 7.96. The monoisotopic (exact) mass is 452 g/mol. The molecule has 32 heavy (non-hydrogen) atoms. The molecule has 3 aromatic carbocycles. The molecular formula is C25H26ClFN4O. The first-order chi connectivity index (χ1) is 15.5. The van der Waals surface area contributed by atoms with E-state index in [0.717, 1.165) is 16.8 Å². The number of nitrogens with one attached hydrogen (secondary N) is 2. The van der Waals surface area contributed by atoms with Crippen LogP contribution in [0.1, 0.15) is 19.3 Å². The predicted octanol–water partition coefficient (Wildman–Crippen LogP) is 5.91. The first kappa shape index (κ1) is 22.1. The number of rotatable bonds is 7. The number of hydrogen-bond donors (Lipinski definition) is 3. The Labute approximate surface area is 192 Å². The average Bonchev–Trinajstić information content (AvgIpc) is 2.75. The van der Waals surface area contributed by atoms with Crippen LogP contribution in [-0.2, 0) is 0 Å². The number of nitrogens with zero attached hydrogens (tertiary/aromatic N) is 1. The van der Waals surface area contributed by atoms with Crippen molar-refractivity contribution in [3.8, 4) is 11.1 Å². The van der Waals surface area contributed by atoms with E-state index in [0.29, 0.717) is 30.5 Å². The van der Waals surface area contributed by atoms with Gasteiger partial charge in [-0.2, -0.15) is 0 Å². The second kappa shape index (κ2) is 10.0. The van der Waals surface area contributed by atoms with Gasteiger partial charge in [-0.1, -0.05) is 42.3 Å². The highest BCUT2D eigenvalue weighted by atomic mass is 35.5. The molecule has 166 valence electrons.